The molecule has 0 saturated heterocycles. The molecule has 2 unspecified atom stereocenters. The first kappa shape index (κ1) is 55.9. The van der Waals surface area contributed by atoms with Gasteiger partial charge in [-0.05, 0) is 25.7 Å². The lowest BCUT2D eigenvalue weighted by Crippen LogP contribution is -2.45. The summed E-state index contributed by atoms with van der Waals surface area (Å²) in [6, 6.07) is -0.546. The molecule has 6 heteroatoms. The molecular weight excluding hydrogens is 707 g/mol. The van der Waals surface area contributed by atoms with Crippen LogP contribution in [0.15, 0.2) is 0 Å². The molecule has 0 aliphatic rings. The SMILES string of the molecule is CCCCCCCCCCCCCCCCCC(=O)OCCCCCCCCCCCCCCCCC(=O)NC(CO)C(O)CCCCCCCCCCCCC. The lowest BCUT2D eigenvalue weighted by atomic mass is 10.0. The number of ether oxygens (including phenoxy) is 1. The molecule has 6 nitrogen and oxygen atoms in total. The Bertz CT molecular complexity index is 806. The quantitative estimate of drug-likeness (QED) is 0.0420. The number of carbonyl (C=O) groups is 2. The molecule has 1 amide bonds. The van der Waals surface area contributed by atoms with Crippen LogP contribution in [0.1, 0.15) is 290 Å². The second-order valence-electron chi connectivity index (χ2n) is 17.9. The summed E-state index contributed by atoms with van der Waals surface area (Å²) in [6.45, 7) is 4.93. The van der Waals surface area contributed by atoms with E-state index < -0.39 is 12.1 Å². The summed E-state index contributed by atoms with van der Waals surface area (Å²) in [7, 11) is 0. The van der Waals surface area contributed by atoms with Gasteiger partial charge in [0.25, 0.3) is 0 Å². The fourth-order valence-corrected chi connectivity index (χ4v) is 8.17. The van der Waals surface area contributed by atoms with E-state index in [1.54, 1.807) is 0 Å². The molecule has 0 spiro atoms. The lowest BCUT2D eigenvalue weighted by Gasteiger charge is -2.22. The smallest absolute Gasteiger partial charge is 0.305 e. The summed E-state index contributed by atoms with van der Waals surface area (Å²) in [5.41, 5.74) is 0. The van der Waals surface area contributed by atoms with Crippen molar-refractivity contribution in [3.8, 4) is 0 Å². The van der Waals surface area contributed by atoms with Gasteiger partial charge in [-0.3, -0.25) is 9.59 Å². The van der Waals surface area contributed by atoms with Gasteiger partial charge in [-0.2, -0.15) is 0 Å². The molecule has 0 radical (unpaired) electrons. The minimum Gasteiger partial charge on any atom is -0.466 e. The predicted molar refractivity (Wildman–Crippen MR) is 246 cm³/mol. The van der Waals surface area contributed by atoms with Crippen molar-refractivity contribution in [1.82, 2.24) is 5.32 Å². The van der Waals surface area contributed by atoms with E-state index in [2.05, 4.69) is 19.2 Å². The first-order chi connectivity index (χ1) is 28.0. The molecule has 0 aromatic heterocycles. The van der Waals surface area contributed by atoms with Gasteiger partial charge in [0.05, 0.1) is 25.4 Å². The Morgan fingerprint density at radius 2 is 0.719 bits per heavy atom. The summed E-state index contributed by atoms with van der Waals surface area (Å²) < 4.78 is 5.47. The van der Waals surface area contributed by atoms with Gasteiger partial charge in [0.15, 0.2) is 0 Å². The van der Waals surface area contributed by atoms with Crippen molar-refractivity contribution in [2.45, 2.75) is 302 Å². The number of nitrogens with one attached hydrogen (secondary N) is 1. The third-order valence-corrected chi connectivity index (χ3v) is 12.2. The molecule has 0 aliphatic heterocycles. The van der Waals surface area contributed by atoms with Crippen molar-refractivity contribution in [2.24, 2.45) is 0 Å². The highest BCUT2D eigenvalue weighted by Gasteiger charge is 2.20. The van der Waals surface area contributed by atoms with Crippen LogP contribution < -0.4 is 5.32 Å². The maximum absolute atomic E-state index is 12.4. The van der Waals surface area contributed by atoms with Crippen molar-refractivity contribution in [1.29, 1.82) is 0 Å². The zero-order chi connectivity index (χ0) is 41.5. The molecular formula is C51H101NO5. The van der Waals surface area contributed by atoms with Crippen LogP contribution in [-0.2, 0) is 14.3 Å². The highest BCUT2D eigenvalue weighted by atomic mass is 16.5. The predicted octanol–water partition coefficient (Wildman–Crippen LogP) is 15.2. The number of amides is 1. The standard InChI is InChI=1S/C51H101NO5/c1-3-5-7-9-11-13-15-16-17-21-25-29-33-37-41-45-51(56)57-46-42-38-34-30-26-22-19-18-20-24-28-32-36-40-44-50(55)52-48(47-53)49(54)43-39-35-31-27-23-14-12-10-8-6-4-2/h48-49,53-54H,3-47H2,1-2H3,(H,52,55). The average Bonchev–Trinajstić information content (AvgIpc) is 3.21. The Hall–Kier alpha value is -1.14. The minimum absolute atomic E-state index is 0.00105. The number of aliphatic hydroxyl groups is 2. The van der Waals surface area contributed by atoms with Crippen molar-refractivity contribution >= 4 is 11.9 Å². The first-order valence-electron chi connectivity index (χ1n) is 25.8. The molecule has 0 aliphatic carbocycles. The minimum atomic E-state index is -0.668. The number of rotatable bonds is 48. The van der Waals surface area contributed by atoms with Crippen LogP contribution >= 0.6 is 0 Å². The number of unbranched alkanes of at least 4 members (excludes halogenated alkanes) is 37. The van der Waals surface area contributed by atoms with Gasteiger partial charge in [-0.15, -0.1) is 0 Å². The molecule has 0 aromatic rings. The Morgan fingerprint density at radius 1 is 0.421 bits per heavy atom. The number of carbonyl (C=O) groups excluding carboxylic acids is 2. The summed E-state index contributed by atoms with van der Waals surface area (Å²) in [4.78, 5) is 24.4. The summed E-state index contributed by atoms with van der Waals surface area (Å²) in [5.74, 6) is -0.0441. The van der Waals surface area contributed by atoms with Crippen molar-refractivity contribution in [2.75, 3.05) is 13.2 Å². The van der Waals surface area contributed by atoms with E-state index in [0.29, 0.717) is 25.9 Å². The van der Waals surface area contributed by atoms with E-state index in [-0.39, 0.29) is 18.5 Å². The number of esters is 1. The topological polar surface area (TPSA) is 95.9 Å². The molecule has 57 heavy (non-hydrogen) atoms. The Balaban J connectivity index is 3.40. The van der Waals surface area contributed by atoms with E-state index in [1.165, 1.54) is 205 Å². The van der Waals surface area contributed by atoms with Gasteiger partial charge in [0.2, 0.25) is 5.91 Å². The molecule has 340 valence electrons. The molecule has 3 N–H and O–H groups in total. The Kier molecular flexibility index (Phi) is 46.6. The van der Waals surface area contributed by atoms with Crippen LogP contribution in [0.5, 0.6) is 0 Å². The lowest BCUT2D eigenvalue weighted by molar-refractivity contribution is -0.143. The van der Waals surface area contributed by atoms with Crippen molar-refractivity contribution in [3.05, 3.63) is 0 Å². The third kappa shape index (κ3) is 44.2. The molecule has 2 atom stereocenters. The van der Waals surface area contributed by atoms with Crippen LogP contribution in [0.4, 0.5) is 0 Å². The van der Waals surface area contributed by atoms with Gasteiger partial charge in [0.1, 0.15) is 0 Å². The van der Waals surface area contributed by atoms with Crippen molar-refractivity contribution in [3.63, 3.8) is 0 Å². The normalized spacial score (nSPS) is 12.6. The molecule has 0 heterocycles. The van der Waals surface area contributed by atoms with Crippen LogP contribution in [0.3, 0.4) is 0 Å². The average molecular weight is 808 g/mol. The van der Waals surface area contributed by atoms with Gasteiger partial charge in [-0.1, -0.05) is 251 Å². The van der Waals surface area contributed by atoms with Gasteiger partial charge >= 0.3 is 5.97 Å². The summed E-state index contributed by atoms with van der Waals surface area (Å²) >= 11 is 0. The summed E-state index contributed by atoms with van der Waals surface area (Å²) in [6.07, 6.45) is 52.1. The van der Waals surface area contributed by atoms with Gasteiger partial charge < -0.3 is 20.3 Å². The summed E-state index contributed by atoms with van der Waals surface area (Å²) in [5, 5.41) is 23.1. The fraction of sp³-hybridized carbons (Fsp3) is 0.961. The highest BCUT2D eigenvalue weighted by molar-refractivity contribution is 5.76. The number of hydrogen-bond acceptors (Lipinski definition) is 5. The molecule has 0 bridgehead atoms. The van der Waals surface area contributed by atoms with E-state index in [1.807, 2.05) is 0 Å². The van der Waals surface area contributed by atoms with Crippen LogP contribution in [0, 0.1) is 0 Å². The van der Waals surface area contributed by atoms with E-state index in [9.17, 15) is 19.8 Å². The van der Waals surface area contributed by atoms with Crippen LogP contribution in [0.2, 0.25) is 0 Å². The molecule has 0 fully saturated rings. The van der Waals surface area contributed by atoms with E-state index in [0.717, 1.165) is 51.4 Å². The maximum atomic E-state index is 12.4. The van der Waals surface area contributed by atoms with Crippen LogP contribution in [0.25, 0.3) is 0 Å². The van der Waals surface area contributed by atoms with Gasteiger partial charge in [-0.25, -0.2) is 0 Å². The van der Waals surface area contributed by atoms with E-state index >= 15 is 0 Å². The Morgan fingerprint density at radius 3 is 1.07 bits per heavy atom. The molecule has 0 rings (SSSR count). The number of hydrogen-bond donors (Lipinski definition) is 3. The first-order valence-corrected chi connectivity index (χ1v) is 25.8. The Labute approximate surface area is 356 Å². The second kappa shape index (κ2) is 47.5. The van der Waals surface area contributed by atoms with Crippen molar-refractivity contribution < 1.29 is 24.5 Å². The maximum Gasteiger partial charge on any atom is 0.305 e. The highest BCUT2D eigenvalue weighted by Crippen LogP contribution is 2.17. The largest absolute Gasteiger partial charge is 0.466 e. The third-order valence-electron chi connectivity index (χ3n) is 12.2. The molecule has 0 saturated carbocycles. The molecule has 0 aromatic carbocycles. The number of aliphatic hydroxyl groups excluding tert-OH is 2. The van der Waals surface area contributed by atoms with Gasteiger partial charge in [0, 0.05) is 12.8 Å². The zero-order valence-electron chi connectivity index (χ0n) is 38.6. The second-order valence-corrected chi connectivity index (χ2v) is 17.9. The van der Waals surface area contributed by atoms with E-state index in [4.69, 9.17) is 4.74 Å². The monoisotopic (exact) mass is 808 g/mol. The van der Waals surface area contributed by atoms with Crippen LogP contribution in [-0.4, -0.2) is 47.4 Å². The zero-order valence-corrected chi connectivity index (χ0v) is 38.6. The fourth-order valence-electron chi connectivity index (χ4n) is 8.17.